The fourth-order valence-electron chi connectivity index (χ4n) is 2.09. The molecule has 0 aliphatic heterocycles. The van der Waals surface area contributed by atoms with Gasteiger partial charge in [-0.25, -0.2) is 5.43 Å². The summed E-state index contributed by atoms with van der Waals surface area (Å²) in [5, 5.41) is 3.93. The van der Waals surface area contributed by atoms with E-state index >= 15 is 0 Å². The first-order valence-corrected chi connectivity index (χ1v) is 7.33. The van der Waals surface area contributed by atoms with E-state index in [2.05, 4.69) is 34.3 Å². The van der Waals surface area contributed by atoms with Crippen LogP contribution >= 0.6 is 0 Å². The summed E-state index contributed by atoms with van der Waals surface area (Å²) in [6.07, 6.45) is 4.93. The number of benzene rings is 1. The van der Waals surface area contributed by atoms with Crippen molar-refractivity contribution in [2.75, 3.05) is 18.0 Å². The summed E-state index contributed by atoms with van der Waals surface area (Å²) in [6, 6.07) is 11.2. The second kappa shape index (κ2) is 7.93. The van der Waals surface area contributed by atoms with E-state index in [1.165, 1.54) is 0 Å². The molecule has 1 heterocycles. The topological polar surface area (TPSA) is 57.6 Å². The van der Waals surface area contributed by atoms with Crippen LogP contribution in [0.3, 0.4) is 0 Å². The summed E-state index contributed by atoms with van der Waals surface area (Å²) in [5.74, 6) is -0.230. The molecule has 1 aromatic heterocycles. The van der Waals surface area contributed by atoms with Crippen molar-refractivity contribution in [3.63, 3.8) is 0 Å². The van der Waals surface area contributed by atoms with Gasteiger partial charge in [0.2, 0.25) is 0 Å². The van der Waals surface area contributed by atoms with Gasteiger partial charge in [0.25, 0.3) is 5.91 Å². The van der Waals surface area contributed by atoms with Crippen LogP contribution in [0, 0.1) is 0 Å². The monoisotopic (exact) mass is 296 g/mol. The van der Waals surface area contributed by atoms with Gasteiger partial charge in [-0.3, -0.25) is 9.78 Å². The smallest absolute Gasteiger partial charge is 0.271 e. The highest BCUT2D eigenvalue weighted by Gasteiger charge is 2.06. The third-order valence-corrected chi connectivity index (χ3v) is 3.32. The molecule has 0 fully saturated rings. The number of pyridine rings is 1. The van der Waals surface area contributed by atoms with Crippen molar-refractivity contribution in [2.24, 2.45) is 5.10 Å². The second-order valence-corrected chi connectivity index (χ2v) is 4.70. The van der Waals surface area contributed by atoms with Crippen molar-refractivity contribution < 1.29 is 4.79 Å². The lowest BCUT2D eigenvalue weighted by Gasteiger charge is -2.20. The maximum Gasteiger partial charge on any atom is 0.271 e. The molecule has 0 aliphatic rings. The van der Waals surface area contributed by atoms with E-state index in [1.54, 1.807) is 18.6 Å². The largest absolute Gasteiger partial charge is 0.372 e. The van der Waals surface area contributed by atoms with Crippen molar-refractivity contribution in [1.29, 1.82) is 0 Å². The molecule has 0 atom stereocenters. The van der Waals surface area contributed by atoms with Crippen LogP contribution in [0.2, 0.25) is 0 Å². The summed E-state index contributed by atoms with van der Waals surface area (Å²) in [5.41, 5.74) is 5.04. The van der Waals surface area contributed by atoms with Crippen LogP contribution < -0.4 is 10.3 Å². The molecule has 114 valence electrons. The Morgan fingerprint density at radius 2 is 1.95 bits per heavy atom. The molecule has 0 bridgehead atoms. The highest BCUT2D eigenvalue weighted by atomic mass is 16.2. The number of hydrogen-bond donors (Lipinski definition) is 1. The summed E-state index contributed by atoms with van der Waals surface area (Å²) in [7, 11) is 0. The summed E-state index contributed by atoms with van der Waals surface area (Å²) < 4.78 is 0. The maximum absolute atomic E-state index is 12.0. The minimum absolute atomic E-state index is 0.230. The second-order valence-electron chi connectivity index (χ2n) is 4.70. The number of hydrazone groups is 1. The quantitative estimate of drug-likeness (QED) is 0.658. The van der Waals surface area contributed by atoms with Crippen LogP contribution in [0.25, 0.3) is 0 Å². The average Bonchev–Trinajstić information content (AvgIpc) is 2.57. The molecule has 5 nitrogen and oxygen atoms in total. The van der Waals surface area contributed by atoms with Gasteiger partial charge < -0.3 is 4.90 Å². The Hall–Kier alpha value is -2.69. The van der Waals surface area contributed by atoms with Gasteiger partial charge in [0.15, 0.2) is 0 Å². The molecule has 0 spiro atoms. The zero-order chi connectivity index (χ0) is 15.8. The highest BCUT2D eigenvalue weighted by molar-refractivity contribution is 5.95. The Kier molecular flexibility index (Phi) is 5.65. The van der Waals surface area contributed by atoms with Crippen molar-refractivity contribution in [2.45, 2.75) is 13.8 Å². The predicted molar refractivity (Wildman–Crippen MR) is 89.3 cm³/mol. The first kappa shape index (κ1) is 15.7. The lowest BCUT2D eigenvalue weighted by molar-refractivity contribution is 0.0955. The van der Waals surface area contributed by atoms with E-state index in [9.17, 15) is 4.79 Å². The maximum atomic E-state index is 12.0. The number of carbonyl (C=O) groups excluding carboxylic acids is 1. The van der Waals surface area contributed by atoms with Crippen molar-refractivity contribution in [3.8, 4) is 0 Å². The predicted octanol–water partition coefficient (Wildman–Crippen LogP) is 2.69. The Balaban J connectivity index is 1.97. The third-order valence-electron chi connectivity index (χ3n) is 3.32. The molecule has 0 saturated carbocycles. The number of rotatable bonds is 6. The summed E-state index contributed by atoms with van der Waals surface area (Å²) >= 11 is 0. The van der Waals surface area contributed by atoms with E-state index in [1.807, 2.05) is 36.4 Å². The van der Waals surface area contributed by atoms with Gasteiger partial charge in [0, 0.05) is 42.3 Å². The standard InChI is InChI=1S/C17H20N4O/c1-3-21(4-2)16-9-7-15(8-10-16)17(22)20-19-13-14-6-5-11-18-12-14/h5-13H,3-4H2,1-2H3,(H,20,22)/b19-13-. The molecule has 5 heteroatoms. The van der Waals surface area contributed by atoms with E-state index in [0.29, 0.717) is 5.56 Å². The molecule has 1 amide bonds. The number of amides is 1. The van der Waals surface area contributed by atoms with E-state index in [4.69, 9.17) is 0 Å². The molecule has 22 heavy (non-hydrogen) atoms. The fourth-order valence-corrected chi connectivity index (χ4v) is 2.09. The summed E-state index contributed by atoms with van der Waals surface area (Å²) in [6.45, 7) is 6.10. The third kappa shape index (κ3) is 4.15. The molecule has 0 radical (unpaired) electrons. The Morgan fingerprint density at radius 3 is 2.55 bits per heavy atom. The lowest BCUT2D eigenvalue weighted by atomic mass is 10.2. The Morgan fingerprint density at radius 1 is 1.23 bits per heavy atom. The average molecular weight is 296 g/mol. The minimum atomic E-state index is -0.230. The Bertz CT molecular complexity index is 619. The normalized spacial score (nSPS) is 10.6. The van der Waals surface area contributed by atoms with E-state index < -0.39 is 0 Å². The van der Waals surface area contributed by atoms with E-state index in [-0.39, 0.29) is 5.91 Å². The van der Waals surface area contributed by atoms with Gasteiger partial charge in [-0.05, 0) is 44.2 Å². The molecule has 2 aromatic rings. The number of anilines is 1. The van der Waals surface area contributed by atoms with Gasteiger partial charge in [0.05, 0.1) is 6.21 Å². The lowest BCUT2D eigenvalue weighted by Crippen LogP contribution is -2.22. The fraction of sp³-hybridized carbons (Fsp3) is 0.235. The number of nitrogens with zero attached hydrogens (tertiary/aromatic N) is 3. The first-order chi connectivity index (χ1) is 10.7. The molecule has 0 saturated heterocycles. The SMILES string of the molecule is CCN(CC)c1ccc(C(=O)N/N=C\c2cccnc2)cc1. The number of nitrogens with one attached hydrogen (secondary N) is 1. The van der Waals surface area contributed by atoms with Crippen molar-refractivity contribution in [3.05, 3.63) is 59.9 Å². The van der Waals surface area contributed by atoms with E-state index in [0.717, 1.165) is 24.3 Å². The number of carbonyl (C=O) groups is 1. The Labute approximate surface area is 130 Å². The zero-order valence-corrected chi connectivity index (χ0v) is 12.9. The molecular weight excluding hydrogens is 276 g/mol. The molecule has 0 aliphatic carbocycles. The zero-order valence-electron chi connectivity index (χ0n) is 12.9. The number of aromatic nitrogens is 1. The van der Waals surface area contributed by atoms with Crippen LogP contribution in [0.1, 0.15) is 29.8 Å². The number of hydrogen-bond acceptors (Lipinski definition) is 4. The summed E-state index contributed by atoms with van der Waals surface area (Å²) in [4.78, 5) is 18.2. The van der Waals surface area contributed by atoms with Gasteiger partial charge in [-0.15, -0.1) is 0 Å². The first-order valence-electron chi connectivity index (χ1n) is 7.33. The van der Waals surface area contributed by atoms with Gasteiger partial charge in [-0.2, -0.15) is 5.10 Å². The van der Waals surface area contributed by atoms with Gasteiger partial charge >= 0.3 is 0 Å². The van der Waals surface area contributed by atoms with Crippen molar-refractivity contribution >= 4 is 17.8 Å². The van der Waals surface area contributed by atoms with Gasteiger partial charge in [0.1, 0.15) is 0 Å². The van der Waals surface area contributed by atoms with Crippen LogP contribution in [0.15, 0.2) is 53.9 Å². The van der Waals surface area contributed by atoms with Crippen LogP contribution in [-0.4, -0.2) is 30.2 Å². The molecule has 1 N–H and O–H groups in total. The highest BCUT2D eigenvalue weighted by Crippen LogP contribution is 2.14. The van der Waals surface area contributed by atoms with Crippen LogP contribution in [0.5, 0.6) is 0 Å². The van der Waals surface area contributed by atoms with Crippen LogP contribution in [-0.2, 0) is 0 Å². The molecule has 1 aromatic carbocycles. The molecule has 0 unspecified atom stereocenters. The minimum Gasteiger partial charge on any atom is -0.372 e. The molecule has 2 rings (SSSR count). The molecular formula is C17H20N4O. The van der Waals surface area contributed by atoms with Crippen LogP contribution in [0.4, 0.5) is 5.69 Å². The van der Waals surface area contributed by atoms with Gasteiger partial charge in [-0.1, -0.05) is 6.07 Å². The van der Waals surface area contributed by atoms with Crippen molar-refractivity contribution in [1.82, 2.24) is 10.4 Å².